The van der Waals surface area contributed by atoms with Crippen molar-refractivity contribution in [1.29, 1.82) is 0 Å². The molecule has 0 aliphatic rings. The van der Waals surface area contributed by atoms with Crippen LogP contribution in [0.5, 0.6) is 0 Å². The molecular formula is C13H21FN2. The Kier molecular flexibility index (Phi) is 5.26. The molecule has 1 aromatic rings. The van der Waals surface area contributed by atoms with Gasteiger partial charge in [-0.15, -0.1) is 0 Å². The zero-order chi connectivity index (χ0) is 12.0. The van der Waals surface area contributed by atoms with E-state index in [-0.39, 0.29) is 5.82 Å². The van der Waals surface area contributed by atoms with Crippen LogP contribution in [0.1, 0.15) is 25.8 Å². The van der Waals surface area contributed by atoms with E-state index in [9.17, 15) is 4.39 Å². The van der Waals surface area contributed by atoms with Gasteiger partial charge in [0.05, 0.1) is 5.69 Å². The second-order valence-corrected chi connectivity index (χ2v) is 3.87. The lowest BCUT2D eigenvalue weighted by molar-refractivity contribution is 0.614. The smallest absolute Gasteiger partial charge is 0.146 e. The number of hydrogen-bond donors (Lipinski definition) is 1. The Morgan fingerprint density at radius 3 is 2.62 bits per heavy atom. The van der Waals surface area contributed by atoms with Crippen LogP contribution in [0.2, 0.25) is 0 Å². The van der Waals surface area contributed by atoms with Crippen LogP contribution in [0.15, 0.2) is 18.2 Å². The van der Waals surface area contributed by atoms with Crippen LogP contribution in [0, 0.1) is 5.82 Å². The van der Waals surface area contributed by atoms with Crippen molar-refractivity contribution in [2.24, 2.45) is 5.73 Å². The van der Waals surface area contributed by atoms with E-state index in [4.69, 9.17) is 5.73 Å². The van der Waals surface area contributed by atoms with Gasteiger partial charge in [0.15, 0.2) is 0 Å². The normalized spacial score (nSPS) is 10.5. The Bertz CT molecular complexity index is 326. The summed E-state index contributed by atoms with van der Waals surface area (Å²) in [6.07, 6.45) is 1.75. The Labute approximate surface area is 97.3 Å². The first-order chi connectivity index (χ1) is 7.74. The van der Waals surface area contributed by atoms with E-state index >= 15 is 0 Å². The highest BCUT2D eigenvalue weighted by atomic mass is 19.1. The monoisotopic (exact) mass is 224 g/mol. The highest BCUT2D eigenvalue weighted by Crippen LogP contribution is 2.24. The molecule has 3 heteroatoms. The molecule has 0 bridgehead atoms. The van der Waals surface area contributed by atoms with Gasteiger partial charge in [0.2, 0.25) is 0 Å². The van der Waals surface area contributed by atoms with Gasteiger partial charge in [-0.05, 0) is 37.9 Å². The zero-order valence-electron chi connectivity index (χ0n) is 10.2. The van der Waals surface area contributed by atoms with E-state index in [1.54, 1.807) is 6.07 Å². The van der Waals surface area contributed by atoms with Crippen LogP contribution in [0.3, 0.4) is 0 Å². The van der Waals surface area contributed by atoms with Crippen molar-refractivity contribution >= 4 is 5.69 Å². The number of benzene rings is 1. The summed E-state index contributed by atoms with van der Waals surface area (Å²) in [4.78, 5) is 2.08. The zero-order valence-corrected chi connectivity index (χ0v) is 10.2. The highest BCUT2D eigenvalue weighted by Gasteiger charge is 2.13. The van der Waals surface area contributed by atoms with Crippen molar-refractivity contribution in [2.75, 3.05) is 24.5 Å². The number of para-hydroxylation sites is 1. The molecule has 1 rings (SSSR count). The summed E-state index contributed by atoms with van der Waals surface area (Å²) >= 11 is 0. The van der Waals surface area contributed by atoms with Crippen LogP contribution in [0.4, 0.5) is 10.1 Å². The van der Waals surface area contributed by atoms with Crippen molar-refractivity contribution in [3.63, 3.8) is 0 Å². The molecule has 90 valence electrons. The molecule has 0 aliphatic heterocycles. The van der Waals surface area contributed by atoms with Crippen LogP contribution in [-0.4, -0.2) is 19.6 Å². The molecule has 0 aliphatic carbocycles. The van der Waals surface area contributed by atoms with Crippen molar-refractivity contribution < 1.29 is 4.39 Å². The molecule has 0 radical (unpaired) electrons. The fraction of sp³-hybridized carbons (Fsp3) is 0.538. The molecule has 0 spiro atoms. The largest absolute Gasteiger partial charge is 0.369 e. The number of halogens is 1. The molecule has 0 amide bonds. The van der Waals surface area contributed by atoms with Crippen LogP contribution >= 0.6 is 0 Å². The molecule has 16 heavy (non-hydrogen) atoms. The van der Waals surface area contributed by atoms with E-state index in [0.29, 0.717) is 6.54 Å². The fourth-order valence-corrected chi connectivity index (χ4v) is 1.97. The standard InChI is InChI=1S/C13H21FN2/c1-3-10-16(4-2)13-11(8-9-15)6-5-7-12(13)14/h5-7H,3-4,8-10,15H2,1-2H3. The lowest BCUT2D eigenvalue weighted by Crippen LogP contribution is -2.26. The maximum Gasteiger partial charge on any atom is 0.146 e. The Morgan fingerprint density at radius 2 is 2.06 bits per heavy atom. The first-order valence-corrected chi connectivity index (χ1v) is 5.97. The summed E-state index contributed by atoms with van der Waals surface area (Å²) in [5.74, 6) is -0.138. The maximum absolute atomic E-state index is 13.9. The Morgan fingerprint density at radius 1 is 1.31 bits per heavy atom. The molecular weight excluding hydrogens is 203 g/mol. The average Bonchev–Trinajstić information content (AvgIpc) is 2.28. The number of nitrogens with two attached hydrogens (primary N) is 1. The maximum atomic E-state index is 13.9. The third-order valence-corrected chi connectivity index (χ3v) is 2.68. The van der Waals surface area contributed by atoms with Gasteiger partial charge in [-0.1, -0.05) is 19.1 Å². The summed E-state index contributed by atoms with van der Waals surface area (Å²) < 4.78 is 13.9. The third kappa shape index (κ3) is 2.95. The SMILES string of the molecule is CCCN(CC)c1c(F)cccc1CCN. The minimum atomic E-state index is -0.138. The fourth-order valence-electron chi connectivity index (χ4n) is 1.97. The molecule has 2 N–H and O–H groups in total. The van der Waals surface area contributed by atoms with Gasteiger partial charge < -0.3 is 10.6 Å². The molecule has 0 fully saturated rings. The molecule has 0 atom stereocenters. The van der Waals surface area contributed by atoms with Gasteiger partial charge in [-0.25, -0.2) is 4.39 Å². The quantitative estimate of drug-likeness (QED) is 0.804. The average molecular weight is 224 g/mol. The van der Waals surface area contributed by atoms with Crippen LogP contribution in [0.25, 0.3) is 0 Å². The molecule has 0 unspecified atom stereocenters. The first-order valence-electron chi connectivity index (χ1n) is 5.97. The van der Waals surface area contributed by atoms with Gasteiger partial charge >= 0.3 is 0 Å². The van der Waals surface area contributed by atoms with E-state index < -0.39 is 0 Å². The number of rotatable bonds is 6. The van der Waals surface area contributed by atoms with Crippen LogP contribution in [-0.2, 0) is 6.42 Å². The third-order valence-electron chi connectivity index (χ3n) is 2.68. The van der Waals surface area contributed by atoms with Gasteiger partial charge in [-0.2, -0.15) is 0 Å². The summed E-state index contributed by atoms with van der Waals surface area (Å²) in [6, 6.07) is 5.24. The molecule has 0 aromatic heterocycles. The first kappa shape index (κ1) is 13.0. The molecule has 0 saturated heterocycles. The summed E-state index contributed by atoms with van der Waals surface area (Å²) in [6.45, 7) is 6.42. The molecule has 0 heterocycles. The number of hydrogen-bond acceptors (Lipinski definition) is 2. The lowest BCUT2D eigenvalue weighted by Gasteiger charge is -2.25. The molecule has 0 saturated carbocycles. The van der Waals surface area contributed by atoms with Gasteiger partial charge in [-0.3, -0.25) is 0 Å². The number of nitrogens with zero attached hydrogens (tertiary/aromatic N) is 1. The number of anilines is 1. The molecule has 1 aromatic carbocycles. The van der Waals surface area contributed by atoms with E-state index in [0.717, 1.165) is 37.2 Å². The second-order valence-electron chi connectivity index (χ2n) is 3.87. The second kappa shape index (κ2) is 6.48. The van der Waals surface area contributed by atoms with Crippen LogP contribution < -0.4 is 10.6 Å². The van der Waals surface area contributed by atoms with Crippen molar-refractivity contribution in [3.8, 4) is 0 Å². The summed E-state index contributed by atoms with van der Waals surface area (Å²) in [7, 11) is 0. The van der Waals surface area contributed by atoms with E-state index in [1.165, 1.54) is 6.07 Å². The Hall–Kier alpha value is -1.09. The predicted octanol–water partition coefficient (Wildman–Crippen LogP) is 2.56. The minimum absolute atomic E-state index is 0.138. The minimum Gasteiger partial charge on any atom is -0.369 e. The van der Waals surface area contributed by atoms with E-state index in [2.05, 4.69) is 11.8 Å². The lowest BCUT2D eigenvalue weighted by atomic mass is 10.1. The predicted molar refractivity (Wildman–Crippen MR) is 67.3 cm³/mol. The summed E-state index contributed by atoms with van der Waals surface area (Å²) in [5.41, 5.74) is 7.30. The summed E-state index contributed by atoms with van der Waals surface area (Å²) in [5, 5.41) is 0. The van der Waals surface area contributed by atoms with Gasteiger partial charge in [0.25, 0.3) is 0 Å². The Balaban J connectivity index is 3.06. The van der Waals surface area contributed by atoms with Gasteiger partial charge in [0.1, 0.15) is 5.82 Å². The molecule has 2 nitrogen and oxygen atoms in total. The highest BCUT2D eigenvalue weighted by molar-refractivity contribution is 5.55. The van der Waals surface area contributed by atoms with Crippen molar-refractivity contribution in [1.82, 2.24) is 0 Å². The van der Waals surface area contributed by atoms with Crippen molar-refractivity contribution in [2.45, 2.75) is 26.7 Å². The van der Waals surface area contributed by atoms with Crippen molar-refractivity contribution in [3.05, 3.63) is 29.6 Å². The van der Waals surface area contributed by atoms with E-state index in [1.807, 2.05) is 13.0 Å². The topological polar surface area (TPSA) is 29.3 Å². The van der Waals surface area contributed by atoms with Gasteiger partial charge in [0, 0.05) is 13.1 Å².